The topological polar surface area (TPSA) is 103 Å². The maximum atomic E-state index is 15.1. The molecule has 1 saturated heterocycles. The number of carbonyl (C=O) groups is 1. The van der Waals surface area contributed by atoms with Crippen molar-refractivity contribution in [3.63, 3.8) is 0 Å². The van der Waals surface area contributed by atoms with E-state index in [0.29, 0.717) is 34.1 Å². The van der Waals surface area contributed by atoms with E-state index in [0.717, 1.165) is 0 Å². The van der Waals surface area contributed by atoms with Gasteiger partial charge in [0.05, 0.1) is 34.8 Å². The number of allylic oxidation sites excluding steroid dienone is 1. The van der Waals surface area contributed by atoms with Crippen LogP contribution >= 0.6 is 11.6 Å². The molecule has 0 radical (unpaired) electrons. The summed E-state index contributed by atoms with van der Waals surface area (Å²) in [5.74, 6) is 0.520. The van der Waals surface area contributed by atoms with E-state index in [1.165, 1.54) is 18.8 Å². The molecular weight excluding hydrogens is 461 g/mol. The average molecular weight is 494 g/mol. The number of alkyl carbamates (subject to hydrolysis) is 1. The van der Waals surface area contributed by atoms with Gasteiger partial charge in [0, 0.05) is 12.6 Å². The standard InChI is InChI=1S/C21H25ClFN5O3.C3H8/c1-6-30-18-12(7-13(22)17(23)16(18)14-8-31-21(29)27-14)11(4)28(5)20-15(10(2)3)19(24)25-9-26-20;1-3-2/h7,9,11,14H,2,6,8H2,1,3-5H3,(H,27,29)(H2,24,25,26);3H2,1-2H3. The van der Waals surface area contributed by atoms with E-state index < -0.39 is 18.0 Å². The molecule has 2 atom stereocenters. The van der Waals surface area contributed by atoms with Gasteiger partial charge in [0.25, 0.3) is 0 Å². The van der Waals surface area contributed by atoms with Crippen LogP contribution in [-0.2, 0) is 4.74 Å². The Morgan fingerprint density at radius 3 is 2.62 bits per heavy atom. The van der Waals surface area contributed by atoms with E-state index in [9.17, 15) is 4.79 Å². The van der Waals surface area contributed by atoms with Crippen molar-refractivity contribution in [1.82, 2.24) is 15.3 Å². The lowest BCUT2D eigenvalue weighted by Crippen LogP contribution is -2.26. The first-order chi connectivity index (χ1) is 16.1. The zero-order chi connectivity index (χ0) is 25.6. The van der Waals surface area contributed by atoms with Gasteiger partial charge in [-0.2, -0.15) is 0 Å². The number of rotatable bonds is 7. The lowest BCUT2D eigenvalue weighted by atomic mass is 9.97. The largest absolute Gasteiger partial charge is 0.493 e. The number of benzene rings is 1. The molecule has 3 rings (SSSR count). The lowest BCUT2D eigenvalue weighted by Gasteiger charge is -2.31. The number of ether oxygens (including phenoxy) is 2. The highest BCUT2D eigenvalue weighted by molar-refractivity contribution is 6.31. The Morgan fingerprint density at radius 1 is 1.44 bits per heavy atom. The van der Waals surface area contributed by atoms with Crippen LogP contribution in [0.2, 0.25) is 5.02 Å². The third kappa shape index (κ3) is 5.70. The summed E-state index contributed by atoms with van der Waals surface area (Å²) in [6.45, 7) is 14.0. The summed E-state index contributed by atoms with van der Waals surface area (Å²) in [5, 5.41) is 2.51. The normalized spacial score (nSPS) is 15.5. The van der Waals surface area contributed by atoms with Gasteiger partial charge in [0.2, 0.25) is 0 Å². The van der Waals surface area contributed by atoms with Crippen molar-refractivity contribution in [3.8, 4) is 5.75 Å². The van der Waals surface area contributed by atoms with Crippen LogP contribution in [0.25, 0.3) is 5.57 Å². The Balaban J connectivity index is 0.00000129. The summed E-state index contributed by atoms with van der Waals surface area (Å²) in [7, 11) is 1.83. The van der Waals surface area contributed by atoms with Crippen molar-refractivity contribution in [2.75, 3.05) is 30.9 Å². The van der Waals surface area contributed by atoms with Gasteiger partial charge in [-0.3, -0.25) is 0 Å². The fourth-order valence-electron chi connectivity index (χ4n) is 3.57. The Morgan fingerprint density at radius 2 is 2.09 bits per heavy atom. The Kier molecular flexibility index (Phi) is 9.49. The zero-order valence-corrected chi connectivity index (χ0v) is 21.3. The van der Waals surface area contributed by atoms with Crippen LogP contribution in [0.3, 0.4) is 0 Å². The van der Waals surface area contributed by atoms with Crippen LogP contribution in [-0.4, -0.2) is 36.3 Å². The number of carbonyl (C=O) groups excluding carboxylic acids is 1. The van der Waals surface area contributed by atoms with Gasteiger partial charge in [-0.15, -0.1) is 0 Å². The quantitative estimate of drug-likeness (QED) is 0.511. The monoisotopic (exact) mass is 493 g/mol. The molecular formula is C24H33ClFN5O3. The molecule has 34 heavy (non-hydrogen) atoms. The summed E-state index contributed by atoms with van der Waals surface area (Å²) < 4.78 is 25.9. The average Bonchev–Trinajstić information content (AvgIpc) is 3.21. The number of nitrogens with one attached hydrogen (secondary N) is 1. The van der Waals surface area contributed by atoms with E-state index >= 15 is 4.39 Å². The number of nitrogens with two attached hydrogens (primary N) is 1. The molecule has 0 aliphatic carbocycles. The number of cyclic esters (lactones) is 1. The van der Waals surface area contributed by atoms with Gasteiger partial charge < -0.3 is 25.4 Å². The molecule has 1 fully saturated rings. The lowest BCUT2D eigenvalue weighted by molar-refractivity contribution is 0.176. The molecule has 2 aromatic rings. The number of nitrogens with zero attached hydrogens (tertiary/aromatic N) is 3. The molecule has 2 unspecified atom stereocenters. The number of aromatic nitrogens is 2. The molecule has 2 heterocycles. The predicted octanol–water partition coefficient (Wildman–Crippen LogP) is 5.68. The SMILES string of the molecule is C=C(C)c1c(N)ncnc1N(C)C(C)c1cc(Cl)c(F)c(C2COC(=O)N2)c1OCC.CCC. The van der Waals surface area contributed by atoms with Crippen molar-refractivity contribution in [1.29, 1.82) is 0 Å². The summed E-state index contributed by atoms with van der Waals surface area (Å²) in [6, 6.07) is 0.448. The van der Waals surface area contributed by atoms with Gasteiger partial charge in [0.1, 0.15) is 30.3 Å². The second-order valence-electron chi connectivity index (χ2n) is 7.96. The van der Waals surface area contributed by atoms with Crippen LogP contribution in [0.5, 0.6) is 5.75 Å². The van der Waals surface area contributed by atoms with Crippen molar-refractivity contribution in [3.05, 3.63) is 46.5 Å². The molecule has 1 amide bonds. The fraction of sp³-hybridized carbons (Fsp3) is 0.458. The van der Waals surface area contributed by atoms with Crippen LogP contribution in [0.4, 0.5) is 20.8 Å². The molecule has 1 aromatic heterocycles. The molecule has 0 spiro atoms. The smallest absolute Gasteiger partial charge is 0.407 e. The Labute approximate surface area is 205 Å². The first-order valence-electron chi connectivity index (χ1n) is 11.2. The highest BCUT2D eigenvalue weighted by Gasteiger charge is 2.34. The van der Waals surface area contributed by atoms with Gasteiger partial charge in [-0.1, -0.05) is 38.4 Å². The van der Waals surface area contributed by atoms with E-state index in [-0.39, 0.29) is 29.8 Å². The fourth-order valence-corrected chi connectivity index (χ4v) is 3.79. The van der Waals surface area contributed by atoms with Crippen molar-refractivity contribution < 1.29 is 18.7 Å². The molecule has 3 N–H and O–H groups in total. The maximum Gasteiger partial charge on any atom is 0.407 e. The number of nitrogen functional groups attached to an aromatic ring is 1. The number of halogens is 2. The third-order valence-electron chi connectivity index (χ3n) is 5.19. The van der Waals surface area contributed by atoms with E-state index in [4.69, 9.17) is 26.8 Å². The molecule has 8 nitrogen and oxygen atoms in total. The van der Waals surface area contributed by atoms with E-state index in [1.807, 2.05) is 25.8 Å². The summed E-state index contributed by atoms with van der Waals surface area (Å²) in [6.07, 6.45) is 2.00. The number of hydrogen-bond acceptors (Lipinski definition) is 7. The summed E-state index contributed by atoms with van der Waals surface area (Å²) in [5.41, 5.74) is 8.16. The number of anilines is 2. The Bertz CT molecular complexity index is 1050. The summed E-state index contributed by atoms with van der Waals surface area (Å²) in [4.78, 5) is 21.9. The predicted molar refractivity (Wildman–Crippen MR) is 134 cm³/mol. The minimum Gasteiger partial charge on any atom is -0.493 e. The van der Waals surface area contributed by atoms with Gasteiger partial charge in [0.15, 0.2) is 5.82 Å². The second-order valence-corrected chi connectivity index (χ2v) is 8.37. The van der Waals surface area contributed by atoms with Crippen LogP contribution in [0, 0.1) is 5.82 Å². The molecule has 186 valence electrons. The molecule has 10 heteroatoms. The second kappa shape index (κ2) is 11.9. The van der Waals surface area contributed by atoms with Crippen LogP contribution in [0.15, 0.2) is 19.0 Å². The first-order valence-corrected chi connectivity index (χ1v) is 11.5. The number of amides is 1. The molecule has 0 bridgehead atoms. The minimum atomic E-state index is -0.718. The van der Waals surface area contributed by atoms with Crippen LogP contribution in [0.1, 0.15) is 69.8 Å². The molecule has 1 aromatic carbocycles. The van der Waals surface area contributed by atoms with Crippen molar-refractivity contribution in [2.45, 2.75) is 53.1 Å². The molecule has 1 aliphatic heterocycles. The Hall–Kier alpha value is -3.07. The van der Waals surface area contributed by atoms with Gasteiger partial charge in [-0.25, -0.2) is 19.2 Å². The highest BCUT2D eigenvalue weighted by Crippen LogP contribution is 2.42. The number of hydrogen-bond donors (Lipinski definition) is 2. The van der Waals surface area contributed by atoms with Gasteiger partial charge >= 0.3 is 6.09 Å². The highest BCUT2D eigenvalue weighted by atomic mass is 35.5. The molecule has 1 aliphatic rings. The minimum absolute atomic E-state index is 0.0257. The van der Waals surface area contributed by atoms with Crippen molar-refractivity contribution >= 4 is 34.9 Å². The van der Waals surface area contributed by atoms with E-state index in [1.54, 1.807) is 6.92 Å². The van der Waals surface area contributed by atoms with Crippen molar-refractivity contribution in [2.24, 2.45) is 0 Å². The van der Waals surface area contributed by atoms with E-state index in [2.05, 4.69) is 35.7 Å². The first kappa shape index (κ1) is 27.2. The molecule has 0 saturated carbocycles. The van der Waals surface area contributed by atoms with Gasteiger partial charge in [-0.05, 0) is 32.4 Å². The maximum absolute atomic E-state index is 15.1. The third-order valence-corrected chi connectivity index (χ3v) is 5.47. The zero-order valence-electron chi connectivity index (χ0n) is 20.5. The van der Waals surface area contributed by atoms with Crippen LogP contribution < -0.4 is 20.7 Å². The summed E-state index contributed by atoms with van der Waals surface area (Å²) >= 11 is 6.25.